The normalized spacial score (nSPS) is 19.8. The van der Waals surface area contributed by atoms with E-state index in [-0.39, 0.29) is 12.0 Å². The number of hydrogen-bond donors (Lipinski definition) is 0. The van der Waals surface area contributed by atoms with Gasteiger partial charge < -0.3 is 14.2 Å². The molecule has 4 rings (SSSR count). The van der Waals surface area contributed by atoms with E-state index in [1.54, 1.807) is 4.90 Å². The van der Waals surface area contributed by atoms with Gasteiger partial charge in [0.2, 0.25) is 0 Å². The van der Waals surface area contributed by atoms with Gasteiger partial charge in [0.1, 0.15) is 10.9 Å². The highest BCUT2D eigenvalue weighted by Gasteiger charge is 2.34. The van der Waals surface area contributed by atoms with Crippen molar-refractivity contribution in [2.45, 2.75) is 39.4 Å². The summed E-state index contributed by atoms with van der Waals surface area (Å²) in [6.07, 6.45) is 3.94. The molecule has 2 aromatic rings. The Hall–Kier alpha value is -2.35. The average molecular weight is 470 g/mol. The van der Waals surface area contributed by atoms with Crippen molar-refractivity contribution in [1.82, 2.24) is 4.90 Å². The molecule has 2 saturated heterocycles. The van der Waals surface area contributed by atoms with Gasteiger partial charge in [0.25, 0.3) is 5.91 Å². The molecule has 1 atom stereocenters. The van der Waals surface area contributed by atoms with Gasteiger partial charge >= 0.3 is 0 Å². The number of carbonyl (C=O) groups excluding carboxylic acids is 1. The van der Waals surface area contributed by atoms with Gasteiger partial charge in [-0.25, -0.2) is 0 Å². The van der Waals surface area contributed by atoms with Gasteiger partial charge in [0.05, 0.1) is 24.2 Å². The van der Waals surface area contributed by atoms with Crippen molar-refractivity contribution in [3.63, 3.8) is 0 Å². The van der Waals surface area contributed by atoms with Gasteiger partial charge in [-0.2, -0.15) is 0 Å². The first kappa shape index (κ1) is 22.8. The van der Waals surface area contributed by atoms with E-state index >= 15 is 0 Å². The van der Waals surface area contributed by atoms with E-state index in [2.05, 4.69) is 31.2 Å². The van der Waals surface area contributed by atoms with Crippen LogP contribution in [-0.2, 0) is 16.1 Å². The summed E-state index contributed by atoms with van der Waals surface area (Å²) < 4.78 is 18.1. The van der Waals surface area contributed by atoms with Crippen LogP contribution in [0, 0.1) is 6.92 Å². The second-order valence-electron chi connectivity index (χ2n) is 7.84. The molecule has 0 radical (unpaired) electrons. The molecule has 0 spiro atoms. The van der Waals surface area contributed by atoms with Crippen LogP contribution < -0.4 is 9.47 Å². The number of benzene rings is 2. The van der Waals surface area contributed by atoms with E-state index in [1.165, 1.54) is 17.3 Å². The Morgan fingerprint density at radius 2 is 2.00 bits per heavy atom. The summed E-state index contributed by atoms with van der Waals surface area (Å²) in [4.78, 5) is 15.2. The number of aryl methyl sites for hydroxylation is 1. The number of ether oxygens (including phenoxy) is 3. The number of amides is 1. The summed E-state index contributed by atoms with van der Waals surface area (Å²) in [5.41, 5.74) is 3.18. The van der Waals surface area contributed by atoms with Crippen LogP contribution in [0.25, 0.3) is 6.08 Å². The largest absolute Gasteiger partial charge is 0.490 e. The van der Waals surface area contributed by atoms with Crippen LogP contribution in [0.1, 0.15) is 36.5 Å². The molecule has 2 aliphatic rings. The Kier molecular flexibility index (Phi) is 7.50. The van der Waals surface area contributed by atoms with Gasteiger partial charge in [0, 0.05) is 6.61 Å². The zero-order valence-electron chi connectivity index (χ0n) is 18.3. The highest BCUT2D eigenvalue weighted by molar-refractivity contribution is 8.26. The highest BCUT2D eigenvalue weighted by Crippen LogP contribution is 2.35. The third kappa shape index (κ3) is 5.52. The minimum Gasteiger partial charge on any atom is -0.490 e. The van der Waals surface area contributed by atoms with Gasteiger partial charge in [-0.3, -0.25) is 9.69 Å². The zero-order valence-corrected chi connectivity index (χ0v) is 20.0. The van der Waals surface area contributed by atoms with E-state index in [0.29, 0.717) is 40.5 Å². The molecule has 0 aliphatic carbocycles. The van der Waals surface area contributed by atoms with Crippen LogP contribution >= 0.6 is 24.0 Å². The number of thioether (sulfide) groups is 1. The second kappa shape index (κ2) is 10.5. The molecule has 168 valence electrons. The SMILES string of the molecule is CCOc1cc(C=C2SC(=S)N(CC3CCCO3)C2=O)ccc1OCc1ccc(C)cc1. The van der Waals surface area contributed by atoms with Crippen molar-refractivity contribution in [1.29, 1.82) is 0 Å². The molecule has 1 amide bonds. The fourth-order valence-electron chi connectivity index (χ4n) is 3.65. The van der Waals surface area contributed by atoms with E-state index in [1.807, 2.05) is 31.2 Å². The molecule has 0 N–H and O–H groups in total. The molecule has 7 heteroatoms. The maximum atomic E-state index is 12.9. The van der Waals surface area contributed by atoms with E-state index in [4.69, 9.17) is 26.4 Å². The summed E-state index contributed by atoms with van der Waals surface area (Å²) >= 11 is 6.78. The minimum absolute atomic E-state index is 0.0619. The number of thiocarbonyl (C=S) groups is 1. The topological polar surface area (TPSA) is 48.0 Å². The first-order valence-corrected chi connectivity index (χ1v) is 12.1. The van der Waals surface area contributed by atoms with Crippen LogP contribution in [0.3, 0.4) is 0 Å². The fourth-order valence-corrected chi connectivity index (χ4v) is 4.92. The van der Waals surface area contributed by atoms with Crippen molar-refractivity contribution in [2.24, 2.45) is 0 Å². The summed E-state index contributed by atoms with van der Waals surface area (Å²) in [7, 11) is 0. The predicted molar refractivity (Wildman–Crippen MR) is 132 cm³/mol. The fraction of sp³-hybridized carbons (Fsp3) is 0.360. The predicted octanol–water partition coefficient (Wildman–Crippen LogP) is 5.35. The molecule has 32 heavy (non-hydrogen) atoms. The van der Waals surface area contributed by atoms with E-state index in [0.717, 1.165) is 30.6 Å². The summed E-state index contributed by atoms with van der Waals surface area (Å²) in [6, 6.07) is 14.0. The summed E-state index contributed by atoms with van der Waals surface area (Å²) in [5, 5.41) is 0. The van der Waals surface area contributed by atoms with Crippen LogP contribution in [-0.4, -0.2) is 41.0 Å². The molecule has 0 aromatic heterocycles. The third-order valence-electron chi connectivity index (χ3n) is 5.36. The van der Waals surface area contributed by atoms with E-state index < -0.39 is 0 Å². The van der Waals surface area contributed by atoms with Crippen LogP contribution in [0.2, 0.25) is 0 Å². The quantitative estimate of drug-likeness (QED) is 0.384. The maximum absolute atomic E-state index is 12.9. The monoisotopic (exact) mass is 469 g/mol. The van der Waals surface area contributed by atoms with E-state index in [9.17, 15) is 4.79 Å². The van der Waals surface area contributed by atoms with Crippen LogP contribution in [0.4, 0.5) is 0 Å². The first-order valence-electron chi connectivity index (χ1n) is 10.9. The minimum atomic E-state index is -0.0619. The lowest BCUT2D eigenvalue weighted by molar-refractivity contribution is -0.123. The Balaban J connectivity index is 1.47. The number of rotatable bonds is 8. The Labute approximate surface area is 198 Å². The lowest BCUT2D eigenvalue weighted by Gasteiger charge is -2.18. The van der Waals surface area contributed by atoms with Gasteiger partial charge in [-0.05, 0) is 56.0 Å². The summed E-state index contributed by atoms with van der Waals surface area (Å²) in [6.45, 7) is 6.26. The second-order valence-corrected chi connectivity index (χ2v) is 9.52. The van der Waals surface area contributed by atoms with Crippen molar-refractivity contribution < 1.29 is 19.0 Å². The van der Waals surface area contributed by atoms with Crippen molar-refractivity contribution in [2.75, 3.05) is 19.8 Å². The first-order chi connectivity index (χ1) is 15.5. The molecule has 2 aliphatic heterocycles. The number of hydrogen-bond acceptors (Lipinski definition) is 6. The van der Waals surface area contributed by atoms with Crippen molar-refractivity contribution in [3.05, 3.63) is 64.1 Å². The molecular weight excluding hydrogens is 442 g/mol. The summed E-state index contributed by atoms with van der Waals surface area (Å²) in [5.74, 6) is 1.27. The third-order valence-corrected chi connectivity index (χ3v) is 6.74. The standard InChI is InChI=1S/C25H27NO4S2/c1-3-28-22-13-19(10-11-21(22)30-16-18-8-6-17(2)7-9-18)14-23-24(27)26(25(31)32-23)15-20-5-4-12-29-20/h6-11,13-14,20H,3-5,12,15-16H2,1-2H3. The van der Waals surface area contributed by atoms with Crippen LogP contribution in [0.15, 0.2) is 47.4 Å². The molecule has 0 saturated carbocycles. The van der Waals surface area contributed by atoms with Gasteiger partial charge in [-0.15, -0.1) is 0 Å². The van der Waals surface area contributed by atoms with Crippen LogP contribution in [0.5, 0.6) is 11.5 Å². The molecule has 2 aromatic carbocycles. The number of nitrogens with zero attached hydrogens (tertiary/aromatic N) is 1. The van der Waals surface area contributed by atoms with Gasteiger partial charge in [0.15, 0.2) is 11.5 Å². The lowest BCUT2D eigenvalue weighted by atomic mass is 10.1. The lowest BCUT2D eigenvalue weighted by Crippen LogP contribution is -2.35. The average Bonchev–Trinajstić information content (AvgIpc) is 3.39. The van der Waals surface area contributed by atoms with Crippen molar-refractivity contribution >= 4 is 40.3 Å². The molecule has 5 nitrogen and oxygen atoms in total. The molecule has 1 unspecified atom stereocenters. The Bertz CT molecular complexity index is 1010. The smallest absolute Gasteiger partial charge is 0.266 e. The molecule has 0 bridgehead atoms. The molecule has 2 fully saturated rings. The van der Waals surface area contributed by atoms with Gasteiger partial charge in [-0.1, -0.05) is 59.9 Å². The molecular formula is C25H27NO4S2. The molecule has 2 heterocycles. The number of carbonyl (C=O) groups is 1. The maximum Gasteiger partial charge on any atom is 0.266 e. The van der Waals surface area contributed by atoms with Crippen molar-refractivity contribution in [3.8, 4) is 11.5 Å². The zero-order chi connectivity index (χ0) is 22.5. The highest BCUT2D eigenvalue weighted by atomic mass is 32.2. The Morgan fingerprint density at radius 3 is 2.72 bits per heavy atom. The Morgan fingerprint density at radius 1 is 1.19 bits per heavy atom.